The molecule has 0 spiro atoms. The number of benzene rings is 1. The van der Waals surface area contributed by atoms with Crippen LogP contribution in [-0.4, -0.2) is 55.7 Å². The van der Waals surface area contributed by atoms with Crippen LogP contribution in [0.15, 0.2) is 28.7 Å². The summed E-state index contributed by atoms with van der Waals surface area (Å²) in [6, 6.07) is 7.37. The molecule has 126 valence electrons. The normalized spacial score (nSPS) is 16.7. The molecule has 0 unspecified atom stereocenters. The Balaban J connectivity index is 1.85. The van der Waals surface area contributed by atoms with Gasteiger partial charge in [-0.2, -0.15) is 0 Å². The van der Waals surface area contributed by atoms with Crippen molar-refractivity contribution in [2.45, 2.75) is 19.9 Å². The van der Waals surface area contributed by atoms with Crippen LogP contribution in [0, 0.1) is 0 Å². The van der Waals surface area contributed by atoms with Gasteiger partial charge in [-0.1, -0.05) is 22.0 Å². The van der Waals surface area contributed by atoms with Crippen molar-refractivity contribution >= 4 is 33.6 Å². The number of nitrogens with zero attached hydrogens (tertiary/aromatic N) is 1. The van der Waals surface area contributed by atoms with Gasteiger partial charge in [-0.25, -0.2) is 4.79 Å². The molecule has 1 aromatic carbocycles. The molecule has 0 bridgehead atoms. The number of nitrogens with one attached hydrogen (secondary N) is 2. The lowest BCUT2D eigenvalue weighted by Gasteiger charge is -2.34. The largest absolute Gasteiger partial charge is 0.450 e. The molecule has 2 rings (SSSR count). The van der Waals surface area contributed by atoms with E-state index >= 15 is 0 Å². The van der Waals surface area contributed by atoms with Crippen LogP contribution in [0.2, 0.25) is 0 Å². The van der Waals surface area contributed by atoms with Crippen molar-refractivity contribution in [1.29, 1.82) is 0 Å². The maximum atomic E-state index is 12.4. The third kappa shape index (κ3) is 4.94. The summed E-state index contributed by atoms with van der Waals surface area (Å²) in [6.07, 6.45) is -0.266. The second-order valence-electron chi connectivity index (χ2n) is 5.57. The monoisotopic (exact) mass is 384 g/mol. The summed E-state index contributed by atoms with van der Waals surface area (Å²) in [5, 5.41) is 2.94. The number of carbonyl (C=O) groups excluding carboxylic acids is 2. The fourth-order valence-corrected chi connectivity index (χ4v) is 3.03. The van der Waals surface area contributed by atoms with E-state index in [4.69, 9.17) is 4.74 Å². The zero-order valence-electron chi connectivity index (χ0n) is 13.5. The van der Waals surface area contributed by atoms with Crippen LogP contribution in [0.5, 0.6) is 0 Å². The van der Waals surface area contributed by atoms with Crippen molar-refractivity contribution in [3.8, 4) is 0 Å². The molecule has 6 nitrogen and oxygen atoms in total. The fraction of sp³-hybridized carbons (Fsp3) is 0.500. The van der Waals surface area contributed by atoms with Crippen LogP contribution in [0.3, 0.4) is 0 Å². The molecule has 23 heavy (non-hydrogen) atoms. The number of amides is 2. The van der Waals surface area contributed by atoms with Gasteiger partial charge in [0.25, 0.3) is 5.91 Å². The van der Waals surface area contributed by atoms with E-state index < -0.39 is 0 Å². The molecule has 1 atom stereocenters. The van der Waals surface area contributed by atoms with Gasteiger partial charge in [-0.15, -0.1) is 0 Å². The summed E-state index contributed by atoms with van der Waals surface area (Å²) < 4.78 is 5.94. The molecule has 2 N–H and O–H groups in total. The Hall–Kier alpha value is -1.60. The minimum atomic E-state index is -0.266. The highest BCUT2D eigenvalue weighted by Gasteiger charge is 2.31. The van der Waals surface area contributed by atoms with Gasteiger partial charge in [0.05, 0.1) is 32.8 Å². The summed E-state index contributed by atoms with van der Waals surface area (Å²) in [6.45, 7) is 6.82. The second kappa shape index (κ2) is 8.31. The molecule has 1 fully saturated rings. The van der Waals surface area contributed by atoms with Crippen LogP contribution in [0.25, 0.3) is 0 Å². The molecule has 1 saturated heterocycles. The highest BCUT2D eigenvalue weighted by molar-refractivity contribution is 9.10. The predicted molar refractivity (Wildman–Crippen MR) is 91.5 cm³/mol. The van der Waals surface area contributed by atoms with Crippen molar-refractivity contribution in [2.24, 2.45) is 0 Å². The van der Waals surface area contributed by atoms with Crippen molar-refractivity contribution in [3.63, 3.8) is 0 Å². The number of piperazine rings is 1. The van der Waals surface area contributed by atoms with E-state index in [9.17, 15) is 9.59 Å². The number of quaternary nitrogens is 1. The Kier molecular flexibility index (Phi) is 6.41. The Morgan fingerprint density at radius 3 is 2.70 bits per heavy atom. The molecule has 1 heterocycles. The predicted octanol–water partition coefficient (Wildman–Crippen LogP) is 1.13. The van der Waals surface area contributed by atoms with Gasteiger partial charge in [0.2, 0.25) is 0 Å². The third-order valence-corrected chi connectivity index (χ3v) is 4.52. The molecular formula is C16H23BrN3O3+. The quantitative estimate of drug-likeness (QED) is 0.817. The number of hydrogen-bond donors (Lipinski definition) is 2. The second-order valence-corrected chi connectivity index (χ2v) is 6.48. The highest BCUT2D eigenvalue weighted by Crippen LogP contribution is 2.15. The van der Waals surface area contributed by atoms with Crippen molar-refractivity contribution in [2.75, 3.05) is 38.1 Å². The minimum absolute atomic E-state index is 0.0114. The third-order valence-electron chi connectivity index (χ3n) is 4.03. The lowest BCUT2D eigenvalue weighted by Crippen LogP contribution is -3.19. The van der Waals surface area contributed by atoms with Crippen LogP contribution in [0.4, 0.5) is 10.5 Å². The smallest absolute Gasteiger partial charge is 0.410 e. The molecule has 2 amide bonds. The summed E-state index contributed by atoms with van der Waals surface area (Å²) in [5.74, 6) is -0.0114. The molecule has 0 aliphatic carbocycles. The number of carbonyl (C=O) groups is 2. The van der Waals surface area contributed by atoms with Crippen LogP contribution in [0.1, 0.15) is 13.8 Å². The number of anilines is 1. The van der Waals surface area contributed by atoms with E-state index in [0.29, 0.717) is 19.7 Å². The Bertz CT molecular complexity index is 559. The van der Waals surface area contributed by atoms with Crippen LogP contribution in [-0.2, 0) is 9.53 Å². The Morgan fingerprint density at radius 1 is 1.39 bits per heavy atom. The Labute approximate surface area is 144 Å². The first-order valence-electron chi connectivity index (χ1n) is 7.84. The SMILES string of the molecule is CCOC(=O)N1CC[NH+]([C@H](C)C(=O)Nc2cccc(Br)c2)CC1. The fourth-order valence-electron chi connectivity index (χ4n) is 2.63. The standard InChI is InChI=1S/C16H22BrN3O3/c1-3-23-16(22)20-9-7-19(8-10-20)12(2)15(21)18-14-6-4-5-13(17)11-14/h4-6,11-12H,3,7-10H2,1-2H3,(H,18,21)/p+1/t12-/m1/s1. The summed E-state index contributed by atoms with van der Waals surface area (Å²) in [7, 11) is 0. The average molecular weight is 385 g/mol. The van der Waals surface area contributed by atoms with Gasteiger partial charge in [0.1, 0.15) is 0 Å². The van der Waals surface area contributed by atoms with E-state index in [1.165, 1.54) is 4.90 Å². The topological polar surface area (TPSA) is 63.1 Å². The van der Waals surface area contributed by atoms with Gasteiger partial charge in [0, 0.05) is 10.2 Å². The maximum absolute atomic E-state index is 12.4. The zero-order valence-corrected chi connectivity index (χ0v) is 15.1. The van der Waals surface area contributed by atoms with Gasteiger partial charge in [0.15, 0.2) is 6.04 Å². The van der Waals surface area contributed by atoms with Gasteiger partial charge >= 0.3 is 6.09 Å². The lowest BCUT2D eigenvalue weighted by molar-refractivity contribution is -0.917. The summed E-state index contributed by atoms with van der Waals surface area (Å²) in [5.41, 5.74) is 0.779. The molecule has 1 aliphatic heterocycles. The van der Waals surface area contributed by atoms with E-state index in [0.717, 1.165) is 23.2 Å². The molecule has 7 heteroatoms. The molecular weight excluding hydrogens is 362 g/mol. The maximum Gasteiger partial charge on any atom is 0.410 e. The lowest BCUT2D eigenvalue weighted by atomic mass is 10.2. The summed E-state index contributed by atoms with van der Waals surface area (Å²) >= 11 is 3.39. The molecule has 0 aromatic heterocycles. The van der Waals surface area contributed by atoms with Crippen molar-refractivity contribution < 1.29 is 19.2 Å². The van der Waals surface area contributed by atoms with Crippen LogP contribution < -0.4 is 10.2 Å². The van der Waals surface area contributed by atoms with Crippen molar-refractivity contribution in [3.05, 3.63) is 28.7 Å². The first-order valence-corrected chi connectivity index (χ1v) is 8.63. The number of halogens is 1. The van der Waals surface area contributed by atoms with Gasteiger partial charge < -0.3 is 15.0 Å². The zero-order chi connectivity index (χ0) is 16.8. The van der Waals surface area contributed by atoms with Gasteiger partial charge in [-0.3, -0.25) is 9.69 Å². The van der Waals surface area contributed by atoms with E-state index in [1.54, 1.807) is 11.8 Å². The van der Waals surface area contributed by atoms with E-state index in [1.807, 2.05) is 31.2 Å². The molecule has 1 aliphatic rings. The molecule has 0 saturated carbocycles. The number of hydrogen-bond acceptors (Lipinski definition) is 3. The first-order chi connectivity index (χ1) is 11.0. The number of ether oxygens (including phenoxy) is 1. The molecule has 0 radical (unpaired) electrons. The number of rotatable bonds is 4. The minimum Gasteiger partial charge on any atom is -0.450 e. The highest BCUT2D eigenvalue weighted by atomic mass is 79.9. The van der Waals surface area contributed by atoms with E-state index in [-0.39, 0.29) is 18.0 Å². The first kappa shape index (κ1) is 17.7. The summed E-state index contributed by atoms with van der Waals surface area (Å²) in [4.78, 5) is 27.0. The van der Waals surface area contributed by atoms with Crippen LogP contribution >= 0.6 is 15.9 Å². The Morgan fingerprint density at radius 2 is 2.09 bits per heavy atom. The van der Waals surface area contributed by atoms with Crippen molar-refractivity contribution in [1.82, 2.24) is 4.90 Å². The molecule has 1 aromatic rings. The van der Waals surface area contributed by atoms with E-state index in [2.05, 4.69) is 21.2 Å². The average Bonchev–Trinajstić information content (AvgIpc) is 2.54. The van der Waals surface area contributed by atoms with Gasteiger partial charge in [-0.05, 0) is 32.0 Å².